The van der Waals surface area contributed by atoms with Crippen molar-refractivity contribution in [2.24, 2.45) is 0 Å². The third kappa shape index (κ3) is 4.69. The molecule has 1 amide bonds. The van der Waals surface area contributed by atoms with E-state index < -0.39 is 12.2 Å². The van der Waals surface area contributed by atoms with Crippen molar-refractivity contribution in [3.8, 4) is 17.9 Å². The Labute approximate surface area is 215 Å². The van der Waals surface area contributed by atoms with E-state index in [9.17, 15) is 15.2 Å². The number of aromatic nitrogens is 1. The number of anilines is 1. The summed E-state index contributed by atoms with van der Waals surface area (Å²) in [7, 11) is 0. The van der Waals surface area contributed by atoms with Gasteiger partial charge in [-0.3, -0.25) is 5.32 Å². The Morgan fingerprint density at radius 1 is 1.29 bits per heavy atom. The molecule has 35 heavy (non-hydrogen) atoms. The van der Waals surface area contributed by atoms with Crippen molar-refractivity contribution in [2.45, 2.75) is 38.2 Å². The molecule has 3 heterocycles. The van der Waals surface area contributed by atoms with Crippen LogP contribution in [0.5, 0.6) is 0 Å². The van der Waals surface area contributed by atoms with E-state index in [-0.39, 0.29) is 23.4 Å². The molecule has 9 heteroatoms. The van der Waals surface area contributed by atoms with E-state index in [1.165, 1.54) is 8.89 Å². The molecule has 1 fully saturated rings. The van der Waals surface area contributed by atoms with Gasteiger partial charge in [0.2, 0.25) is 0 Å². The smallest absolute Gasteiger partial charge is 0.412 e. The molecule has 4 aromatic rings. The Hall–Kier alpha value is -3.21. The second-order valence-electron chi connectivity index (χ2n) is 8.53. The first-order chi connectivity index (χ1) is 16.9. The minimum Gasteiger partial charge on any atom is -0.441 e. The minimum atomic E-state index is -0.664. The average molecular weight is 520 g/mol. The van der Waals surface area contributed by atoms with Gasteiger partial charge in [-0.15, -0.1) is 22.7 Å². The number of hydrogen-bond acceptors (Lipinski definition) is 8. The molecular weight excluding hydrogens is 499 g/mol. The van der Waals surface area contributed by atoms with Crippen LogP contribution in [0.4, 0.5) is 10.5 Å². The van der Waals surface area contributed by atoms with Crippen molar-refractivity contribution in [3.05, 3.63) is 67.9 Å². The summed E-state index contributed by atoms with van der Waals surface area (Å²) >= 11 is 4.39. The number of aliphatic hydroxyl groups is 1. The second kappa shape index (κ2) is 9.44. The van der Waals surface area contributed by atoms with Crippen LogP contribution in [0.3, 0.4) is 0 Å². The number of ether oxygens (including phenoxy) is 1. The summed E-state index contributed by atoms with van der Waals surface area (Å²) in [6, 6.07) is 13.9. The quantitative estimate of drug-likeness (QED) is 0.300. The number of carbonyl (C=O) groups is 1. The lowest BCUT2D eigenvalue weighted by Gasteiger charge is -2.16. The summed E-state index contributed by atoms with van der Waals surface area (Å²) in [4.78, 5) is 15.2. The Kier molecular flexibility index (Phi) is 6.35. The first-order valence-electron chi connectivity index (χ1n) is 11.0. The number of fused-ring (bicyclic) bond motifs is 1. The highest BCUT2D eigenvalue weighted by molar-refractivity contribution is 7.38. The predicted octanol–water partition coefficient (Wildman–Crippen LogP) is 6.33. The van der Waals surface area contributed by atoms with Crippen LogP contribution in [-0.4, -0.2) is 22.2 Å². The fourth-order valence-corrected chi connectivity index (χ4v) is 7.07. The SMILES string of the molecule is Cc1ccccc1C(C)OC(=O)Nc1c(C#N)nsc1C#Cc1cc2cc(C3(CO)CC3)sc2s1. The summed E-state index contributed by atoms with van der Waals surface area (Å²) < 4.78 is 10.9. The minimum absolute atomic E-state index is 0.0303. The van der Waals surface area contributed by atoms with E-state index in [1.54, 1.807) is 29.6 Å². The van der Waals surface area contributed by atoms with Crippen molar-refractivity contribution >= 4 is 55.4 Å². The van der Waals surface area contributed by atoms with Crippen LogP contribution in [0.2, 0.25) is 0 Å². The number of thiophene rings is 2. The molecule has 0 saturated heterocycles. The Balaban J connectivity index is 1.33. The molecule has 0 radical (unpaired) electrons. The molecule has 1 unspecified atom stereocenters. The van der Waals surface area contributed by atoms with Gasteiger partial charge in [0.25, 0.3) is 0 Å². The maximum Gasteiger partial charge on any atom is 0.412 e. The van der Waals surface area contributed by atoms with E-state index in [1.807, 2.05) is 43.3 Å². The van der Waals surface area contributed by atoms with E-state index in [4.69, 9.17) is 4.74 Å². The van der Waals surface area contributed by atoms with Crippen LogP contribution in [0.15, 0.2) is 36.4 Å². The molecule has 2 N–H and O–H groups in total. The maximum absolute atomic E-state index is 12.6. The first kappa shape index (κ1) is 23.5. The highest BCUT2D eigenvalue weighted by Gasteiger charge is 2.45. The number of hydrogen-bond donors (Lipinski definition) is 2. The Morgan fingerprint density at radius 3 is 2.77 bits per heavy atom. The van der Waals surface area contributed by atoms with Crippen LogP contribution in [-0.2, 0) is 10.2 Å². The molecule has 1 aromatic carbocycles. The number of rotatable bonds is 5. The second-order valence-corrected chi connectivity index (χ2v) is 11.7. The number of benzene rings is 1. The Bertz CT molecular complexity index is 1490. The number of nitrogens with one attached hydrogen (secondary N) is 1. The van der Waals surface area contributed by atoms with Gasteiger partial charge < -0.3 is 9.84 Å². The van der Waals surface area contributed by atoms with Crippen molar-refractivity contribution in [1.82, 2.24) is 4.37 Å². The van der Waals surface area contributed by atoms with Gasteiger partial charge in [-0.1, -0.05) is 24.3 Å². The lowest BCUT2D eigenvalue weighted by molar-refractivity contribution is 0.121. The van der Waals surface area contributed by atoms with Crippen LogP contribution < -0.4 is 5.32 Å². The van der Waals surface area contributed by atoms with Gasteiger partial charge in [0.05, 0.1) is 15.5 Å². The largest absolute Gasteiger partial charge is 0.441 e. The zero-order valence-corrected chi connectivity index (χ0v) is 21.5. The summed E-state index contributed by atoms with van der Waals surface area (Å²) in [6.07, 6.45) is 0.965. The average Bonchev–Trinajstić information content (AvgIpc) is 3.17. The van der Waals surface area contributed by atoms with Gasteiger partial charge in [-0.2, -0.15) is 9.64 Å². The fraction of sp³-hybridized carbons (Fsp3) is 0.269. The molecule has 1 aliphatic rings. The molecule has 1 saturated carbocycles. The van der Waals surface area contributed by atoms with E-state index in [0.717, 1.165) is 45.8 Å². The predicted molar refractivity (Wildman–Crippen MR) is 140 cm³/mol. The Morgan fingerprint density at radius 2 is 2.09 bits per heavy atom. The van der Waals surface area contributed by atoms with Gasteiger partial charge in [0.1, 0.15) is 22.7 Å². The summed E-state index contributed by atoms with van der Waals surface area (Å²) in [6.45, 7) is 3.96. The maximum atomic E-state index is 12.6. The monoisotopic (exact) mass is 519 g/mol. The summed E-state index contributed by atoms with van der Waals surface area (Å²) in [5, 5.41) is 22.9. The van der Waals surface area contributed by atoms with Crippen LogP contribution >= 0.6 is 34.2 Å². The molecule has 3 aromatic heterocycles. The van der Waals surface area contributed by atoms with Gasteiger partial charge in [0.15, 0.2) is 5.69 Å². The lowest BCUT2D eigenvalue weighted by Crippen LogP contribution is -2.17. The van der Waals surface area contributed by atoms with Gasteiger partial charge in [0, 0.05) is 15.7 Å². The molecular formula is C26H21N3O3S3. The third-order valence-electron chi connectivity index (χ3n) is 6.13. The molecule has 176 valence electrons. The highest BCUT2D eigenvalue weighted by Crippen LogP contribution is 2.52. The number of amides is 1. The van der Waals surface area contributed by atoms with Crippen molar-refractivity contribution in [1.29, 1.82) is 5.26 Å². The van der Waals surface area contributed by atoms with Gasteiger partial charge in [-0.05, 0) is 73.3 Å². The summed E-state index contributed by atoms with van der Waals surface area (Å²) in [5.74, 6) is 6.21. The van der Waals surface area contributed by atoms with E-state index >= 15 is 0 Å². The molecule has 0 bridgehead atoms. The third-order valence-corrected chi connectivity index (χ3v) is 9.44. The molecule has 6 nitrogen and oxygen atoms in total. The number of aliphatic hydroxyl groups excluding tert-OH is 1. The zero-order chi connectivity index (χ0) is 24.6. The lowest BCUT2D eigenvalue weighted by atomic mass is 10.1. The topological polar surface area (TPSA) is 95.2 Å². The number of nitriles is 1. The van der Waals surface area contributed by atoms with E-state index in [2.05, 4.69) is 27.6 Å². The van der Waals surface area contributed by atoms with Crippen molar-refractivity contribution < 1.29 is 14.6 Å². The number of carbonyl (C=O) groups excluding carboxylic acids is 1. The molecule has 0 aliphatic heterocycles. The molecule has 1 atom stereocenters. The fourth-order valence-electron chi connectivity index (χ4n) is 3.88. The molecule has 0 spiro atoms. The molecule has 1 aliphatic carbocycles. The normalized spacial score (nSPS) is 14.6. The van der Waals surface area contributed by atoms with Crippen molar-refractivity contribution in [3.63, 3.8) is 0 Å². The standard InChI is InChI=1S/C26H21N3O3S3/c1-15-5-3-4-6-19(15)16(2)32-25(31)28-23-20(13-27)29-35-21(23)8-7-18-11-17-12-22(34-24(17)33-18)26(14-30)9-10-26/h3-6,11-12,16,30H,9-10,14H2,1-2H3,(H,28,31). The van der Waals surface area contributed by atoms with Gasteiger partial charge >= 0.3 is 6.09 Å². The van der Waals surface area contributed by atoms with Crippen LogP contribution in [0, 0.1) is 30.1 Å². The van der Waals surface area contributed by atoms with E-state index in [0.29, 0.717) is 4.88 Å². The van der Waals surface area contributed by atoms with Crippen molar-refractivity contribution in [2.75, 3.05) is 11.9 Å². The number of nitrogens with zero attached hydrogens (tertiary/aromatic N) is 2. The van der Waals surface area contributed by atoms with Crippen LogP contribution in [0.1, 0.15) is 57.3 Å². The van der Waals surface area contributed by atoms with Crippen LogP contribution in [0.25, 0.3) is 9.40 Å². The zero-order valence-electron chi connectivity index (χ0n) is 19.0. The number of aryl methyl sites for hydroxylation is 1. The molecule has 5 rings (SSSR count). The first-order valence-corrected chi connectivity index (χ1v) is 13.4. The highest BCUT2D eigenvalue weighted by atomic mass is 32.2. The summed E-state index contributed by atoms with van der Waals surface area (Å²) in [5.41, 5.74) is 2.29. The van der Waals surface area contributed by atoms with Gasteiger partial charge in [-0.25, -0.2) is 4.79 Å².